The number of rotatable bonds is 3. The summed E-state index contributed by atoms with van der Waals surface area (Å²) in [4.78, 5) is 12.1. The van der Waals surface area contributed by atoms with Gasteiger partial charge < -0.3 is 16.3 Å². The van der Waals surface area contributed by atoms with Crippen LogP contribution in [0.5, 0.6) is 0 Å². The van der Waals surface area contributed by atoms with Crippen LogP contribution in [0.2, 0.25) is 0 Å². The molecule has 0 spiro atoms. The van der Waals surface area contributed by atoms with Crippen LogP contribution in [0.25, 0.3) is 0 Å². The second-order valence-electron chi connectivity index (χ2n) is 4.03. The number of anilines is 1. The molecule has 2 aromatic carbocycles. The number of hydrogen-bond acceptors (Lipinski definition) is 3. The van der Waals surface area contributed by atoms with Crippen LogP contribution in [0.15, 0.2) is 58.2 Å². The topological polar surface area (TPSA) is 87.7 Å². The van der Waals surface area contributed by atoms with E-state index in [1.165, 1.54) is 0 Å². The lowest BCUT2D eigenvalue weighted by atomic mass is 10.1. The third-order valence-corrected chi connectivity index (χ3v) is 3.10. The van der Waals surface area contributed by atoms with Gasteiger partial charge in [0.15, 0.2) is 5.84 Å². The van der Waals surface area contributed by atoms with Gasteiger partial charge in [0.25, 0.3) is 5.91 Å². The molecule has 0 aromatic heterocycles. The van der Waals surface area contributed by atoms with Crippen molar-refractivity contribution in [1.82, 2.24) is 0 Å². The number of oxime groups is 1. The van der Waals surface area contributed by atoms with E-state index in [-0.39, 0.29) is 11.7 Å². The molecule has 0 atom stereocenters. The van der Waals surface area contributed by atoms with Gasteiger partial charge in [-0.15, -0.1) is 0 Å². The quantitative estimate of drug-likeness (QED) is 0.349. The molecule has 0 radical (unpaired) electrons. The molecule has 0 fully saturated rings. The van der Waals surface area contributed by atoms with Gasteiger partial charge in [-0.1, -0.05) is 39.3 Å². The van der Waals surface area contributed by atoms with Gasteiger partial charge in [0.2, 0.25) is 0 Å². The molecule has 2 rings (SSSR count). The molecule has 0 aliphatic carbocycles. The zero-order chi connectivity index (χ0) is 14.5. The maximum Gasteiger partial charge on any atom is 0.255 e. The summed E-state index contributed by atoms with van der Waals surface area (Å²) in [5, 5.41) is 14.3. The monoisotopic (exact) mass is 333 g/mol. The van der Waals surface area contributed by atoms with Gasteiger partial charge >= 0.3 is 0 Å². The van der Waals surface area contributed by atoms with Crippen LogP contribution in [-0.2, 0) is 0 Å². The van der Waals surface area contributed by atoms with Gasteiger partial charge in [0, 0.05) is 21.3 Å². The van der Waals surface area contributed by atoms with Crippen molar-refractivity contribution in [2.45, 2.75) is 0 Å². The third-order valence-electron chi connectivity index (χ3n) is 2.61. The molecule has 0 saturated heterocycles. The van der Waals surface area contributed by atoms with Gasteiger partial charge in [0.05, 0.1) is 0 Å². The summed E-state index contributed by atoms with van der Waals surface area (Å²) in [7, 11) is 0. The molecular weight excluding hydrogens is 322 g/mol. The summed E-state index contributed by atoms with van der Waals surface area (Å²) in [5.74, 6) is -0.244. The number of nitrogens with two attached hydrogens (primary N) is 1. The maximum atomic E-state index is 12.1. The molecule has 4 N–H and O–H groups in total. The van der Waals surface area contributed by atoms with Gasteiger partial charge in [0.1, 0.15) is 0 Å². The van der Waals surface area contributed by atoms with Crippen LogP contribution in [0.3, 0.4) is 0 Å². The minimum absolute atomic E-state index is 0.0106. The van der Waals surface area contributed by atoms with Crippen LogP contribution >= 0.6 is 15.9 Å². The van der Waals surface area contributed by atoms with Crippen molar-refractivity contribution in [3.63, 3.8) is 0 Å². The first kappa shape index (κ1) is 14.1. The fraction of sp³-hybridized carbons (Fsp3) is 0. The van der Waals surface area contributed by atoms with Crippen LogP contribution in [0.4, 0.5) is 5.69 Å². The van der Waals surface area contributed by atoms with E-state index >= 15 is 0 Å². The second-order valence-corrected chi connectivity index (χ2v) is 4.95. The minimum Gasteiger partial charge on any atom is -0.409 e. The Balaban J connectivity index is 2.20. The Hall–Kier alpha value is -2.34. The van der Waals surface area contributed by atoms with Crippen molar-refractivity contribution in [3.05, 3.63) is 64.1 Å². The first-order valence-corrected chi connectivity index (χ1v) is 6.54. The Kier molecular flexibility index (Phi) is 4.37. The summed E-state index contributed by atoms with van der Waals surface area (Å²) in [6.07, 6.45) is 0. The number of nitrogens with zero attached hydrogens (tertiary/aromatic N) is 1. The fourth-order valence-electron chi connectivity index (χ4n) is 1.65. The molecular formula is C14H12BrN3O2. The SMILES string of the molecule is N/C(=N/O)c1cccc(NC(=O)c2cccc(Br)c2)c1. The summed E-state index contributed by atoms with van der Waals surface area (Å²) in [6, 6.07) is 13.8. The van der Waals surface area contributed by atoms with E-state index in [2.05, 4.69) is 26.4 Å². The van der Waals surface area contributed by atoms with Crippen molar-refractivity contribution in [3.8, 4) is 0 Å². The number of amides is 1. The van der Waals surface area contributed by atoms with Crippen molar-refractivity contribution < 1.29 is 10.0 Å². The molecule has 0 saturated carbocycles. The molecule has 6 heteroatoms. The number of halogens is 1. The van der Waals surface area contributed by atoms with Crippen LogP contribution in [0.1, 0.15) is 15.9 Å². The number of benzene rings is 2. The fourth-order valence-corrected chi connectivity index (χ4v) is 2.05. The minimum atomic E-state index is -0.233. The van der Waals surface area contributed by atoms with Crippen LogP contribution < -0.4 is 11.1 Å². The molecule has 0 heterocycles. The lowest BCUT2D eigenvalue weighted by Gasteiger charge is -2.07. The molecule has 2 aromatic rings. The summed E-state index contributed by atoms with van der Waals surface area (Å²) < 4.78 is 0.829. The predicted octanol–water partition coefficient (Wildman–Crippen LogP) is 2.80. The van der Waals surface area contributed by atoms with E-state index < -0.39 is 0 Å². The van der Waals surface area contributed by atoms with Crippen molar-refractivity contribution in [1.29, 1.82) is 0 Å². The Morgan fingerprint density at radius 3 is 2.55 bits per heavy atom. The highest BCUT2D eigenvalue weighted by Gasteiger charge is 2.07. The maximum absolute atomic E-state index is 12.1. The largest absolute Gasteiger partial charge is 0.409 e. The molecule has 0 aliphatic heterocycles. The lowest BCUT2D eigenvalue weighted by molar-refractivity contribution is 0.102. The summed E-state index contributed by atoms with van der Waals surface area (Å²) in [6.45, 7) is 0. The van der Waals surface area contributed by atoms with E-state index in [0.29, 0.717) is 16.8 Å². The van der Waals surface area contributed by atoms with Crippen LogP contribution in [0, 0.1) is 0 Å². The molecule has 20 heavy (non-hydrogen) atoms. The van der Waals surface area contributed by atoms with E-state index in [1.54, 1.807) is 42.5 Å². The van der Waals surface area contributed by atoms with E-state index in [4.69, 9.17) is 10.9 Å². The van der Waals surface area contributed by atoms with Gasteiger partial charge in [-0.2, -0.15) is 0 Å². The van der Waals surface area contributed by atoms with Crippen molar-refractivity contribution in [2.75, 3.05) is 5.32 Å². The number of hydrogen-bond donors (Lipinski definition) is 3. The summed E-state index contributed by atoms with van der Waals surface area (Å²) in [5.41, 5.74) is 7.14. The lowest BCUT2D eigenvalue weighted by Crippen LogP contribution is -2.15. The molecule has 5 nitrogen and oxygen atoms in total. The van der Waals surface area contributed by atoms with Crippen LogP contribution in [-0.4, -0.2) is 17.0 Å². The van der Waals surface area contributed by atoms with Gasteiger partial charge in [-0.25, -0.2) is 0 Å². The molecule has 1 amide bonds. The predicted molar refractivity (Wildman–Crippen MR) is 81.0 cm³/mol. The number of carbonyl (C=O) groups excluding carboxylic acids is 1. The van der Waals surface area contributed by atoms with E-state index in [1.807, 2.05) is 6.07 Å². The first-order chi connectivity index (χ1) is 9.60. The number of carbonyl (C=O) groups is 1. The van der Waals surface area contributed by atoms with E-state index in [0.717, 1.165) is 4.47 Å². The average molecular weight is 334 g/mol. The standard InChI is InChI=1S/C14H12BrN3O2/c15-11-5-1-4-10(7-11)14(19)17-12-6-2-3-9(8-12)13(16)18-20/h1-8,20H,(H2,16,18)(H,17,19). The van der Waals surface area contributed by atoms with Gasteiger partial charge in [-0.05, 0) is 30.3 Å². The number of nitrogens with one attached hydrogen (secondary N) is 1. The second kappa shape index (κ2) is 6.21. The van der Waals surface area contributed by atoms with Crippen molar-refractivity contribution in [2.24, 2.45) is 10.9 Å². The average Bonchev–Trinajstić information content (AvgIpc) is 2.46. The molecule has 0 unspecified atom stereocenters. The zero-order valence-electron chi connectivity index (χ0n) is 10.4. The van der Waals surface area contributed by atoms with Crippen molar-refractivity contribution >= 4 is 33.4 Å². The molecule has 102 valence electrons. The zero-order valence-corrected chi connectivity index (χ0v) is 12.0. The Bertz CT molecular complexity index is 671. The molecule has 0 aliphatic rings. The summed E-state index contributed by atoms with van der Waals surface area (Å²) >= 11 is 3.32. The number of amidine groups is 1. The Morgan fingerprint density at radius 2 is 1.85 bits per heavy atom. The molecule has 0 bridgehead atoms. The third kappa shape index (κ3) is 3.36. The van der Waals surface area contributed by atoms with Gasteiger partial charge in [-0.3, -0.25) is 4.79 Å². The smallest absolute Gasteiger partial charge is 0.255 e. The van der Waals surface area contributed by atoms with E-state index in [9.17, 15) is 4.79 Å². The first-order valence-electron chi connectivity index (χ1n) is 5.75. The Morgan fingerprint density at radius 1 is 1.15 bits per heavy atom. The highest BCUT2D eigenvalue weighted by atomic mass is 79.9. The highest BCUT2D eigenvalue weighted by molar-refractivity contribution is 9.10. The highest BCUT2D eigenvalue weighted by Crippen LogP contribution is 2.15. The normalized spacial score (nSPS) is 11.2. The Labute approximate surface area is 124 Å².